The highest BCUT2D eigenvalue weighted by molar-refractivity contribution is 7.86. The monoisotopic (exact) mass is 332 g/mol. The lowest BCUT2D eigenvalue weighted by Gasteiger charge is -2.37. The summed E-state index contributed by atoms with van der Waals surface area (Å²) in [5.41, 5.74) is 0. The van der Waals surface area contributed by atoms with Gasteiger partial charge in [-0.1, -0.05) is 6.42 Å². The Balaban J connectivity index is 1.57. The quantitative estimate of drug-likeness (QED) is 0.570. The van der Waals surface area contributed by atoms with Crippen LogP contribution in [0.3, 0.4) is 0 Å². The summed E-state index contributed by atoms with van der Waals surface area (Å²) >= 11 is 0. The molecule has 22 heavy (non-hydrogen) atoms. The number of ketones is 1. The molecule has 2 saturated heterocycles. The van der Waals surface area contributed by atoms with Gasteiger partial charge < -0.3 is 14.2 Å². The van der Waals surface area contributed by atoms with Gasteiger partial charge in [-0.3, -0.25) is 9.00 Å². The minimum Gasteiger partial charge on any atom is -0.382 e. The van der Waals surface area contributed by atoms with E-state index in [2.05, 4.69) is 0 Å². The van der Waals surface area contributed by atoms with Crippen molar-refractivity contribution in [3.8, 4) is 0 Å². The number of methoxy groups -OCH3 is 1. The molecule has 0 aromatic heterocycles. The summed E-state index contributed by atoms with van der Waals surface area (Å²) in [5, 5.41) is 0.521. The van der Waals surface area contributed by atoms with Gasteiger partial charge in [-0.25, -0.2) is 0 Å². The normalized spacial score (nSPS) is 31.1. The van der Waals surface area contributed by atoms with E-state index in [1.807, 2.05) is 0 Å². The summed E-state index contributed by atoms with van der Waals surface area (Å²) in [4.78, 5) is 12.3. The zero-order chi connectivity index (χ0) is 15.8. The van der Waals surface area contributed by atoms with Crippen molar-refractivity contribution in [1.29, 1.82) is 0 Å². The van der Waals surface area contributed by atoms with Crippen molar-refractivity contribution in [2.45, 2.75) is 49.0 Å². The molecule has 0 amide bonds. The van der Waals surface area contributed by atoms with E-state index in [-0.39, 0.29) is 22.2 Å². The van der Waals surface area contributed by atoms with Gasteiger partial charge in [0, 0.05) is 40.7 Å². The minimum atomic E-state index is -0.696. The molecule has 2 aliphatic rings. The second-order valence-electron chi connectivity index (χ2n) is 6.11. The second-order valence-corrected chi connectivity index (χ2v) is 8.10. The Bertz CT molecular complexity index is 358. The topological polar surface area (TPSA) is 61.8 Å². The van der Waals surface area contributed by atoms with Crippen LogP contribution in [0.15, 0.2) is 0 Å². The third-order valence-corrected chi connectivity index (χ3v) is 6.73. The van der Waals surface area contributed by atoms with E-state index >= 15 is 0 Å². The van der Waals surface area contributed by atoms with Gasteiger partial charge in [-0.2, -0.15) is 0 Å². The summed E-state index contributed by atoms with van der Waals surface area (Å²) in [6.45, 7) is 2.66. The van der Waals surface area contributed by atoms with Crippen LogP contribution in [-0.4, -0.2) is 60.6 Å². The Labute approximate surface area is 135 Å². The highest BCUT2D eigenvalue weighted by Crippen LogP contribution is 2.37. The maximum absolute atomic E-state index is 12.3. The van der Waals surface area contributed by atoms with Crippen molar-refractivity contribution in [2.75, 3.05) is 40.1 Å². The first-order valence-corrected chi connectivity index (χ1v) is 9.56. The number of carbonyl (C=O) groups is 1. The molecule has 2 heterocycles. The summed E-state index contributed by atoms with van der Waals surface area (Å²) in [6.07, 6.45) is 5.34. The molecule has 2 unspecified atom stereocenters. The molecular weight excluding hydrogens is 304 g/mol. The molecule has 5 nitrogen and oxygen atoms in total. The Morgan fingerprint density at radius 3 is 2.23 bits per heavy atom. The standard InChI is InChI=1S/C16H28O5S/c1-19-7-8-21-10-9-20-6-5-16(17)13-11-14-3-2-4-15(12-13)22(14)18/h13-15H,2-12H2,1H3. The van der Waals surface area contributed by atoms with Gasteiger partial charge in [0.15, 0.2) is 0 Å². The summed E-state index contributed by atoms with van der Waals surface area (Å²) in [6, 6.07) is 0. The molecule has 2 fully saturated rings. The van der Waals surface area contributed by atoms with Gasteiger partial charge in [0.25, 0.3) is 0 Å². The zero-order valence-electron chi connectivity index (χ0n) is 13.5. The first-order valence-electron chi connectivity index (χ1n) is 8.29. The van der Waals surface area contributed by atoms with Crippen LogP contribution in [0, 0.1) is 5.92 Å². The van der Waals surface area contributed by atoms with Crippen LogP contribution in [0.2, 0.25) is 0 Å². The van der Waals surface area contributed by atoms with Crippen LogP contribution >= 0.6 is 0 Å². The minimum absolute atomic E-state index is 0.106. The Morgan fingerprint density at radius 1 is 1.00 bits per heavy atom. The van der Waals surface area contributed by atoms with Crippen LogP contribution in [0.5, 0.6) is 0 Å². The molecule has 0 aromatic carbocycles. The van der Waals surface area contributed by atoms with E-state index in [4.69, 9.17) is 14.2 Å². The number of rotatable bonds is 10. The number of hydrogen-bond donors (Lipinski definition) is 0. The van der Waals surface area contributed by atoms with E-state index in [0.29, 0.717) is 39.5 Å². The van der Waals surface area contributed by atoms with Crippen molar-refractivity contribution in [2.24, 2.45) is 5.92 Å². The predicted molar refractivity (Wildman–Crippen MR) is 85.4 cm³/mol. The molecule has 0 N–H and O–H groups in total. The third kappa shape index (κ3) is 5.41. The molecule has 0 aromatic rings. The van der Waals surface area contributed by atoms with Crippen LogP contribution < -0.4 is 0 Å². The van der Waals surface area contributed by atoms with Crippen molar-refractivity contribution < 1.29 is 23.2 Å². The van der Waals surface area contributed by atoms with Gasteiger partial charge >= 0.3 is 0 Å². The zero-order valence-corrected chi connectivity index (χ0v) is 14.3. The number of carbonyl (C=O) groups excluding carboxylic acids is 1. The van der Waals surface area contributed by atoms with Crippen LogP contribution in [0.25, 0.3) is 0 Å². The van der Waals surface area contributed by atoms with Crippen LogP contribution in [-0.2, 0) is 29.8 Å². The summed E-state index contributed by atoms with van der Waals surface area (Å²) in [5.74, 6) is 0.392. The van der Waals surface area contributed by atoms with Crippen molar-refractivity contribution in [3.63, 3.8) is 0 Å². The lowest BCUT2D eigenvalue weighted by atomic mass is 9.86. The molecular formula is C16H28O5S. The average molecular weight is 332 g/mol. The first kappa shape index (κ1) is 18.0. The third-order valence-electron chi connectivity index (χ3n) is 4.56. The predicted octanol–water partition coefficient (Wildman–Crippen LogP) is 1.71. The van der Waals surface area contributed by atoms with E-state index in [1.165, 1.54) is 6.42 Å². The maximum atomic E-state index is 12.3. The molecule has 2 rings (SSSR count). The fraction of sp³-hybridized carbons (Fsp3) is 0.938. The second kappa shape index (κ2) is 9.75. The molecule has 2 aliphatic heterocycles. The Kier molecular flexibility index (Phi) is 8.00. The molecule has 2 atom stereocenters. The van der Waals surface area contributed by atoms with Crippen LogP contribution in [0.1, 0.15) is 38.5 Å². The van der Waals surface area contributed by atoms with Crippen LogP contribution in [0.4, 0.5) is 0 Å². The average Bonchev–Trinajstić information content (AvgIpc) is 2.49. The first-order chi connectivity index (χ1) is 10.7. The number of hydrogen-bond acceptors (Lipinski definition) is 5. The van der Waals surface area contributed by atoms with Gasteiger partial charge in [0.05, 0.1) is 33.0 Å². The molecule has 128 valence electrons. The summed E-state index contributed by atoms with van der Waals surface area (Å²) < 4.78 is 27.7. The van der Waals surface area contributed by atoms with Gasteiger partial charge in [-0.05, 0) is 25.7 Å². The largest absolute Gasteiger partial charge is 0.382 e. The van der Waals surface area contributed by atoms with Crippen molar-refractivity contribution in [3.05, 3.63) is 0 Å². The summed E-state index contributed by atoms with van der Waals surface area (Å²) in [7, 11) is 0.943. The Morgan fingerprint density at radius 2 is 1.59 bits per heavy atom. The lowest BCUT2D eigenvalue weighted by molar-refractivity contribution is -0.124. The lowest BCUT2D eigenvalue weighted by Crippen LogP contribution is -2.41. The van der Waals surface area contributed by atoms with Gasteiger partial charge in [-0.15, -0.1) is 0 Å². The smallest absolute Gasteiger partial charge is 0.138 e. The number of Topliss-reactive ketones (excluding diaryl/α,β-unsaturated/α-hetero) is 1. The van der Waals surface area contributed by atoms with E-state index in [0.717, 1.165) is 25.7 Å². The molecule has 0 aliphatic carbocycles. The molecule has 6 heteroatoms. The SMILES string of the molecule is COCCOCCOCCC(=O)C1CC2CCCC(C1)S2=O. The van der Waals surface area contributed by atoms with Gasteiger partial charge in [0.1, 0.15) is 5.78 Å². The molecule has 2 bridgehead atoms. The van der Waals surface area contributed by atoms with E-state index < -0.39 is 10.8 Å². The van der Waals surface area contributed by atoms with Crippen molar-refractivity contribution >= 4 is 16.6 Å². The Hall–Kier alpha value is -0.300. The highest BCUT2D eigenvalue weighted by Gasteiger charge is 2.39. The van der Waals surface area contributed by atoms with E-state index in [9.17, 15) is 9.00 Å². The number of fused-ring (bicyclic) bond motifs is 2. The molecule has 0 spiro atoms. The maximum Gasteiger partial charge on any atom is 0.138 e. The fourth-order valence-electron chi connectivity index (χ4n) is 3.34. The fourth-order valence-corrected chi connectivity index (χ4v) is 5.52. The molecule has 0 radical (unpaired) electrons. The van der Waals surface area contributed by atoms with Gasteiger partial charge in [0.2, 0.25) is 0 Å². The highest BCUT2D eigenvalue weighted by atomic mass is 32.2. The van der Waals surface area contributed by atoms with Crippen molar-refractivity contribution in [1.82, 2.24) is 0 Å². The van der Waals surface area contributed by atoms with E-state index in [1.54, 1.807) is 7.11 Å². The number of ether oxygens (including phenoxy) is 3. The molecule has 0 saturated carbocycles.